The van der Waals surface area contributed by atoms with E-state index in [1.54, 1.807) is 11.8 Å². The van der Waals surface area contributed by atoms with Gasteiger partial charge in [-0.15, -0.1) is 0 Å². The van der Waals surface area contributed by atoms with Crippen LogP contribution in [0.4, 0.5) is 4.79 Å². The number of rotatable bonds is 4. The molecule has 1 unspecified atom stereocenters. The summed E-state index contributed by atoms with van der Waals surface area (Å²) in [6.07, 6.45) is 2.51. The van der Waals surface area contributed by atoms with Crippen molar-refractivity contribution < 1.29 is 18.9 Å². The molecule has 4 amide bonds. The number of hydrogen-bond donors (Lipinski definition) is 2. The topological polar surface area (TPSA) is 105 Å². The molecule has 0 saturated carbocycles. The van der Waals surface area contributed by atoms with Crippen molar-refractivity contribution in [2.45, 2.75) is 52.0 Å². The van der Waals surface area contributed by atoms with Crippen molar-refractivity contribution >= 4 is 17.8 Å². The van der Waals surface area contributed by atoms with Crippen LogP contribution in [0.15, 0.2) is 4.52 Å². The average molecular weight is 348 g/mol. The van der Waals surface area contributed by atoms with Crippen molar-refractivity contribution in [3.8, 4) is 0 Å². The summed E-state index contributed by atoms with van der Waals surface area (Å²) in [5.41, 5.74) is 0.378. The van der Waals surface area contributed by atoms with Gasteiger partial charge in [-0.3, -0.25) is 14.9 Å². The summed E-state index contributed by atoms with van der Waals surface area (Å²) >= 11 is 0. The molecular formula is C17H24N4O4. The van der Waals surface area contributed by atoms with E-state index in [2.05, 4.69) is 15.8 Å². The Morgan fingerprint density at radius 2 is 2.00 bits per heavy atom. The summed E-state index contributed by atoms with van der Waals surface area (Å²) in [5, 5.41) is 9.10. The number of aryl methyl sites for hydroxylation is 2. The minimum atomic E-state index is -0.853. The molecule has 0 radical (unpaired) electrons. The Morgan fingerprint density at radius 3 is 2.52 bits per heavy atom. The van der Waals surface area contributed by atoms with Crippen molar-refractivity contribution in [2.24, 2.45) is 5.92 Å². The number of hydrogen-bond acceptors (Lipinski definition) is 5. The molecule has 0 bridgehead atoms. The SMILES string of the molecule is CCc1noc(C)c1C(=O)N1CCC(C2(CC)NC(=O)NC2=O)CC1. The van der Waals surface area contributed by atoms with E-state index < -0.39 is 11.6 Å². The van der Waals surface area contributed by atoms with Gasteiger partial charge in [-0.1, -0.05) is 19.0 Å². The van der Waals surface area contributed by atoms with Crippen LogP contribution in [-0.2, 0) is 11.2 Å². The van der Waals surface area contributed by atoms with Crippen LogP contribution in [0.5, 0.6) is 0 Å². The Labute approximate surface area is 146 Å². The number of aromatic nitrogens is 1. The Hall–Kier alpha value is -2.38. The molecule has 136 valence electrons. The van der Waals surface area contributed by atoms with E-state index in [1.165, 1.54) is 0 Å². The van der Waals surface area contributed by atoms with Crippen LogP contribution in [0, 0.1) is 12.8 Å². The van der Waals surface area contributed by atoms with E-state index in [9.17, 15) is 14.4 Å². The molecule has 8 nitrogen and oxygen atoms in total. The lowest BCUT2D eigenvalue weighted by Gasteiger charge is -2.40. The van der Waals surface area contributed by atoms with Gasteiger partial charge < -0.3 is 14.7 Å². The number of likely N-dealkylation sites (tertiary alicyclic amines) is 1. The maximum atomic E-state index is 12.8. The van der Waals surface area contributed by atoms with Gasteiger partial charge in [0, 0.05) is 13.1 Å². The summed E-state index contributed by atoms with van der Waals surface area (Å²) in [7, 11) is 0. The van der Waals surface area contributed by atoms with Gasteiger partial charge in [-0.05, 0) is 38.5 Å². The number of amides is 4. The van der Waals surface area contributed by atoms with Crippen LogP contribution in [-0.4, -0.2) is 46.5 Å². The largest absolute Gasteiger partial charge is 0.361 e. The zero-order chi connectivity index (χ0) is 18.2. The minimum Gasteiger partial charge on any atom is -0.361 e. The molecule has 25 heavy (non-hydrogen) atoms. The highest BCUT2D eigenvalue weighted by Crippen LogP contribution is 2.34. The molecule has 1 atom stereocenters. The molecule has 8 heteroatoms. The fourth-order valence-corrected chi connectivity index (χ4v) is 4.00. The van der Waals surface area contributed by atoms with E-state index in [-0.39, 0.29) is 17.7 Å². The van der Waals surface area contributed by atoms with Gasteiger partial charge in [0.25, 0.3) is 11.8 Å². The lowest BCUT2D eigenvalue weighted by Crippen LogP contribution is -2.56. The smallest absolute Gasteiger partial charge is 0.322 e. The normalized spacial score (nSPS) is 24.4. The van der Waals surface area contributed by atoms with Gasteiger partial charge in [-0.25, -0.2) is 4.79 Å². The van der Waals surface area contributed by atoms with Crippen molar-refractivity contribution in [1.82, 2.24) is 20.7 Å². The predicted molar refractivity (Wildman–Crippen MR) is 88.9 cm³/mol. The minimum absolute atomic E-state index is 0.0159. The van der Waals surface area contributed by atoms with Crippen LogP contribution in [0.2, 0.25) is 0 Å². The molecule has 3 rings (SSSR count). The first-order valence-corrected chi connectivity index (χ1v) is 8.81. The van der Waals surface area contributed by atoms with E-state index in [1.807, 2.05) is 13.8 Å². The summed E-state index contributed by atoms with van der Waals surface area (Å²) in [6, 6.07) is -0.432. The van der Waals surface area contributed by atoms with Crippen LogP contribution in [0.3, 0.4) is 0 Å². The van der Waals surface area contributed by atoms with Crippen LogP contribution in [0.1, 0.15) is 54.9 Å². The highest BCUT2D eigenvalue weighted by Gasteiger charge is 2.51. The first-order chi connectivity index (χ1) is 11.9. The van der Waals surface area contributed by atoms with Gasteiger partial charge in [0.05, 0.1) is 5.69 Å². The predicted octanol–water partition coefficient (Wildman–Crippen LogP) is 1.39. The zero-order valence-electron chi connectivity index (χ0n) is 14.8. The second kappa shape index (κ2) is 6.50. The Balaban J connectivity index is 1.71. The molecule has 1 aromatic rings. The number of carbonyl (C=O) groups excluding carboxylic acids is 3. The summed E-state index contributed by atoms with van der Waals surface area (Å²) in [6.45, 7) is 6.67. The van der Waals surface area contributed by atoms with Crippen LogP contribution >= 0.6 is 0 Å². The van der Waals surface area contributed by atoms with Gasteiger partial charge in [0.2, 0.25) is 0 Å². The Bertz CT molecular complexity index is 706. The third-order valence-corrected chi connectivity index (χ3v) is 5.49. The summed E-state index contributed by atoms with van der Waals surface area (Å²) < 4.78 is 5.16. The second-order valence-corrected chi connectivity index (χ2v) is 6.71. The maximum Gasteiger partial charge on any atom is 0.322 e. The van der Waals surface area contributed by atoms with Gasteiger partial charge in [0.15, 0.2) is 0 Å². The molecule has 2 saturated heterocycles. The number of carbonyl (C=O) groups is 3. The monoisotopic (exact) mass is 348 g/mol. The fourth-order valence-electron chi connectivity index (χ4n) is 4.00. The summed E-state index contributed by atoms with van der Waals surface area (Å²) in [4.78, 5) is 38.5. The van der Waals surface area contributed by atoms with Crippen LogP contribution in [0.25, 0.3) is 0 Å². The Morgan fingerprint density at radius 1 is 1.32 bits per heavy atom. The lowest BCUT2D eigenvalue weighted by atomic mass is 9.76. The average Bonchev–Trinajstić information content (AvgIpc) is 3.13. The molecule has 1 aromatic heterocycles. The molecule has 2 N–H and O–H groups in total. The molecule has 2 aliphatic rings. The van der Waals surface area contributed by atoms with Crippen molar-refractivity contribution in [3.05, 3.63) is 17.0 Å². The van der Waals surface area contributed by atoms with Crippen molar-refractivity contribution in [1.29, 1.82) is 0 Å². The first-order valence-electron chi connectivity index (χ1n) is 8.81. The molecule has 2 aliphatic heterocycles. The highest BCUT2D eigenvalue weighted by atomic mass is 16.5. The number of urea groups is 1. The number of nitrogens with one attached hydrogen (secondary N) is 2. The van der Waals surface area contributed by atoms with E-state index >= 15 is 0 Å². The quantitative estimate of drug-likeness (QED) is 0.800. The molecule has 0 aliphatic carbocycles. The third-order valence-electron chi connectivity index (χ3n) is 5.49. The molecule has 2 fully saturated rings. The third kappa shape index (κ3) is 2.79. The molecule has 0 spiro atoms. The lowest BCUT2D eigenvalue weighted by molar-refractivity contribution is -0.126. The number of nitrogens with zero attached hydrogens (tertiary/aromatic N) is 2. The Kier molecular flexibility index (Phi) is 4.53. The van der Waals surface area contributed by atoms with Crippen LogP contribution < -0.4 is 10.6 Å². The van der Waals surface area contributed by atoms with Gasteiger partial charge in [-0.2, -0.15) is 0 Å². The fraction of sp³-hybridized carbons (Fsp3) is 0.647. The van der Waals surface area contributed by atoms with E-state index in [0.717, 1.165) is 0 Å². The van der Waals surface area contributed by atoms with Gasteiger partial charge in [0.1, 0.15) is 16.9 Å². The van der Waals surface area contributed by atoms with Gasteiger partial charge >= 0.3 is 6.03 Å². The molecule has 3 heterocycles. The number of imide groups is 1. The van der Waals surface area contributed by atoms with E-state index in [4.69, 9.17) is 4.52 Å². The van der Waals surface area contributed by atoms with E-state index in [0.29, 0.717) is 55.8 Å². The second-order valence-electron chi connectivity index (χ2n) is 6.71. The number of piperidine rings is 1. The molecular weight excluding hydrogens is 324 g/mol. The maximum absolute atomic E-state index is 12.8. The van der Waals surface area contributed by atoms with Crippen molar-refractivity contribution in [2.75, 3.05) is 13.1 Å². The highest BCUT2D eigenvalue weighted by molar-refractivity contribution is 6.07. The van der Waals surface area contributed by atoms with Crippen molar-refractivity contribution in [3.63, 3.8) is 0 Å². The molecule has 0 aromatic carbocycles. The first kappa shape index (κ1) is 17.4. The summed E-state index contributed by atoms with van der Waals surface area (Å²) in [5.74, 6) is 0.228. The zero-order valence-corrected chi connectivity index (χ0v) is 14.8. The standard InChI is InChI=1S/C17H24N4O4/c1-4-12-13(10(3)25-20-12)14(22)21-8-6-11(7-9-21)17(5-2)15(23)18-16(24)19-17/h11H,4-9H2,1-3H3,(H2,18,19,23,24).